The molecule has 0 spiro atoms. The number of hydrogen-bond donors (Lipinski definition) is 0. The number of ether oxygens (including phenoxy) is 1. The first-order chi connectivity index (χ1) is 5.18. The molecule has 0 aliphatic heterocycles. The van der Waals surface area contributed by atoms with Gasteiger partial charge < -0.3 is 9.16 Å². The van der Waals surface area contributed by atoms with Crippen LogP contribution < -0.4 is 0 Å². The van der Waals surface area contributed by atoms with E-state index in [-0.39, 0.29) is 5.97 Å². The summed E-state index contributed by atoms with van der Waals surface area (Å²) >= 11 is 0. The average molecular weight is 174 g/mol. The van der Waals surface area contributed by atoms with Crippen molar-refractivity contribution in [2.45, 2.75) is 13.0 Å². The van der Waals surface area contributed by atoms with E-state index in [0.29, 0.717) is 12.2 Å². The first kappa shape index (κ1) is 10.4. The summed E-state index contributed by atoms with van der Waals surface area (Å²) in [6.07, 6.45) is 0. The molecule has 0 N–H and O–H groups in total. The van der Waals surface area contributed by atoms with Crippen LogP contribution in [0.2, 0.25) is 6.04 Å². The summed E-state index contributed by atoms with van der Waals surface area (Å²) in [5.41, 5.74) is 0.448. The van der Waals surface area contributed by atoms with Gasteiger partial charge in [-0.2, -0.15) is 0 Å². The SMILES string of the molecule is C=C(C)C(=O)OCC[SiH2]OC. The van der Waals surface area contributed by atoms with Gasteiger partial charge in [0.1, 0.15) is 0 Å². The summed E-state index contributed by atoms with van der Waals surface area (Å²) in [6.45, 7) is 5.56. The quantitative estimate of drug-likeness (QED) is 0.259. The molecule has 0 atom stereocenters. The maximum absolute atomic E-state index is 10.8. The third kappa shape index (κ3) is 5.81. The number of carbonyl (C=O) groups excluding carboxylic acids is 1. The highest BCUT2D eigenvalue weighted by Gasteiger charge is 2.01. The van der Waals surface area contributed by atoms with E-state index in [1.807, 2.05) is 0 Å². The molecule has 0 aromatic carbocycles. The molecule has 0 bridgehead atoms. The lowest BCUT2D eigenvalue weighted by Crippen LogP contribution is -2.08. The van der Waals surface area contributed by atoms with E-state index < -0.39 is 9.76 Å². The third-order valence-electron chi connectivity index (χ3n) is 1.07. The Morgan fingerprint density at radius 1 is 1.64 bits per heavy atom. The molecule has 11 heavy (non-hydrogen) atoms. The Morgan fingerprint density at radius 2 is 2.27 bits per heavy atom. The highest BCUT2D eigenvalue weighted by Crippen LogP contribution is 1.92. The van der Waals surface area contributed by atoms with Crippen molar-refractivity contribution in [2.24, 2.45) is 0 Å². The van der Waals surface area contributed by atoms with E-state index in [4.69, 9.17) is 9.16 Å². The van der Waals surface area contributed by atoms with Crippen molar-refractivity contribution in [2.75, 3.05) is 13.7 Å². The molecule has 0 heterocycles. The summed E-state index contributed by atoms with van der Waals surface area (Å²) < 4.78 is 9.73. The van der Waals surface area contributed by atoms with Crippen LogP contribution in [0, 0.1) is 0 Å². The molecule has 0 aliphatic carbocycles. The third-order valence-corrected chi connectivity index (χ3v) is 2.06. The zero-order chi connectivity index (χ0) is 8.69. The maximum atomic E-state index is 10.8. The van der Waals surface area contributed by atoms with E-state index in [9.17, 15) is 4.79 Å². The standard InChI is InChI=1S/C7H14O3Si/c1-6(2)7(8)10-4-5-11-9-3/h1,4-5,11H2,2-3H3. The van der Waals surface area contributed by atoms with Crippen molar-refractivity contribution < 1.29 is 14.0 Å². The van der Waals surface area contributed by atoms with Crippen LogP contribution in [0.25, 0.3) is 0 Å². The molecule has 0 amide bonds. The summed E-state index contributed by atoms with van der Waals surface area (Å²) in [5, 5.41) is 0. The molecule has 0 aromatic rings. The van der Waals surface area contributed by atoms with Crippen LogP contribution >= 0.6 is 0 Å². The molecule has 0 unspecified atom stereocenters. The minimum Gasteiger partial charge on any atom is -0.463 e. The van der Waals surface area contributed by atoms with Gasteiger partial charge >= 0.3 is 5.97 Å². The van der Waals surface area contributed by atoms with Crippen LogP contribution in [0.3, 0.4) is 0 Å². The van der Waals surface area contributed by atoms with E-state index in [1.165, 1.54) is 0 Å². The minimum atomic E-state index is -0.453. The monoisotopic (exact) mass is 174 g/mol. The van der Waals surface area contributed by atoms with Gasteiger partial charge in [-0.25, -0.2) is 4.79 Å². The maximum Gasteiger partial charge on any atom is 0.333 e. The van der Waals surface area contributed by atoms with Crippen molar-refractivity contribution in [3.63, 3.8) is 0 Å². The second kappa shape index (κ2) is 6.12. The number of hydrogen-bond acceptors (Lipinski definition) is 3. The molecular weight excluding hydrogens is 160 g/mol. The van der Waals surface area contributed by atoms with Crippen LogP contribution in [0.1, 0.15) is 6.92 Å². The number of esters is 1. The molecule has 64 valence electrons. The van der Waals surface area contributed by atoms with Crippen molar-refractivity contribution in [3.05, 3.63) is 12.2 Å². The lowest BCUT2D eigenvalue weighted by molar-refractivity contribution is -0.138. The van der Waals surface area contributed by atoms with Gasteiger partial charge in [0.25, 0.3) is 0 Å². The molecule has 0 aliphatic rings. The van der Waals surface area contributed by atoms with Gasteiger partial charge in [-0.3, -0.25) is 0 Å². The highest BCUT2D eigenvalue weighted by atomic mass is 28.2. The second-order valence-electron chi connectivity index (χ2n) is 2.26. The zero-order valence-corrected chi connectivity index (χ0v) is 8.47. The van der Waals surface area contributed by atoms with Gasteiger partial charge in [-0.1, -0.05) is 6.58 Å². The van der Waals surface area contributed by atoms with E-state index >= 15 is 0 Å². The van der Waals surface area contributed by atoms with Crippen molar-refractivity contribution in [1.29, 1.82) is 0 Å². The first-order valence-corrected chi connectivity index (χ1v) is 5.07. The van der Waals surface area contributed by atoms with Gasteiger partial charge in [0.15, 0.2) is 9.76 Å². The van der Waals surface area contributed by atoms with Crippen LogP contribution in [0.5, 0.6) is 0 Å². The van der Waals surface area contributed by atoms with Gasteiger partial charge in [0.2, 0.25) is 0 Å². The molecule has 0 rings (SSSR count). The fourth-order valence-corrected chi connectivity index (χ4v) is 1.04. The fraction of sp³-hybridized carbons (Fsp3) is 0.571. The Labute approximate surface area is 69.3 Å². The molecule has 3 nitrogen and oxygen atoms in total. The Balaban J connectivity index is 3.25. The van der Waals surface area contributed by atoms with Gasteiger partial charge in [-0.15, -0.1) is 0 Å². The summed E-state index contributed by atoms with van der Waals surface area (Å²) in [4.78, 5) is 10.8. The normalized spacial score (nSPS) is 10.4. The smallest absolute Gasteiger partial charge is 0.333 e. The van der Waals surface area contributed by atoms with E-state index in [2.05, 4.69) is 6.58 Å². The Hall–Kier alpha value is -0.613. The van der Waals surface area contributed by atoms with Crippen LogP contribution in [0.4, 0.5) is 0 Å². The van der Waals surface area contributed by atoms with Crippen LogP contribution in [-0.2, 0) is 14.0 Å². The zero-order valence-electron chi connectivity index (χ0n) is 7.05. The second-order valence-corrected chi connectivity index (χ2v) is 3.96. The first-order valence-electron chi connectivity index (χ1n) is 3.50. The molecule has 0 aromatic heterocycles. The predicted octanol–water partition coefficient (Wildman–Crippen LogP) is 0.254. The van der Waals surface area contributed by atoms with Crippen LogP contribution in [0.15, 0.2) is 12.2 Å². The Kier molecular flexibility index (Phi) is 5.78. The number of rotatable bonds is 5. The van der Waals surface area contributed by atoms with Crippen molar-refractivity contribution in [1.82, 2.24) is 0 Å². The summed E-state index contributed by atoms with van der Waals surface area (Å²) in [7, 11) is 1.22. The van der Waals surface area contributed by atoms with Crippen molar-refractivity contribution >= 4 is 15.7 Å². The van der Waals surface area contributed by atoms with Gasteiger partial charge in [0, 0.05) is 12.7 Å². The topological polar surface area (TPSA) is 35.5 Å². The average Bonchev–Trinajstić information content (AvgIpc) is 1.97. The molecule has 4 heteroatoms. The Morgan fingerprint density at radius 3 is 2.73 bits per heavy atom. The molecule has 0 saturated heterocycles. The molecule has 0 fully saturated rings. The summed E-state index contributed by atoms with van der Waals surface area (Å²) in [5.74, 6) is -0.310. The molecule has 0 saturated carbocycles. The largest absolute Gasteiger partial charge is 0.463 e. The van der Waals surface area contributed by atoms with Crippen LogP contribution in [-0.4, -0.2) is 29.4 Å². The van der Waals surface area contributed by atoms with Crippen molar-refractivity contribution in [3.8, 4) is 0 Å². The molecule has 0 radical (unpaired) electrons. The van der Waals surface area contributed by atoms with Gasteiger partial charge in [0.05, 0.1) is 6.61 Å². The minimum absolute atomic E-state index is 0.310. The Bertz CT molecular complexity index is 145. The van der Waals surface area contributed by atoms with E-state index in [0.717, 1.165) is 6.04 Å². The fourth-order valence-electron chi connectivity index (χ4n) is 0.491. The highest BCUT2D eigenvalue weighted by molar-refractivity contribution is 6.27. The number of carbonyl (C=O) groups is 1. The van der Waals surface area contributed by atoms with E-state index in [1.54, 1.807) is 14.0 Å². The van der Waals surface area contributed by atoms with Gasteiger partial charge in [-0.05, 0) is 13.0 Å². The lowest BCUT2D eigenvalue weighted by atomic mass is 10.4. The lowest BCUT2D eigenvalue weighted by Gasteiger charge is -2.02. The summed E-state index contributed by atoms with van der Waals surface area (Å²) in [6, 6.07) is 0.871. The predicted molar refractivity (Wildman–Crippen MR) is 46.1 cm³/mol. The molecular formula is C7H14O3Si.